The molecule has 1 fully saturated rings. The van der Waals surface area contributed by atoms with E-state index >= 15 is 0 Å². The number of nitrogens with one attached hydrogen (secondary N) is 2. The number of benzene rings is 1. The number of rotatable bonds is 5. The highest BCUT2D eigenvalue weighted by Crippen LogP contribution is 2.63. The molecule has 1 aromatic rings. The first-order valence-corrected chi connectivity index (χ1v) is 7.49. The smallest absolute Gasteiger partial charge is 0.239 e. The Kier molecular flexibility index (Phi) is 4.49. The summed E-state index contributed by atoms with van der Waals surface area (Å²) in [4.78, 5) is 23.7. The Labute approximate surface area is 134 Å². The van der Waals surface area contributed by atoms with Gasteiger partial charge in [0.2, 0.25) is 11.8 Å². The van der Waals surface area contributed by atoms with Crippen molar-refractivity contribution in [3.05, 3.63) is 35.4 Å². The van der Waals surface area contributed by atoms with Crippen LogP contribution in [0, 0.1) is 12.3 Å². The van der Waals surface area contributed by atoms with Crippen molar-refractivity contribution in [2.75, 3.05) is 6.54 Å². The second kappa shape index (κ2) is 5.85. The quantitative estimate of drug-likeness (QED) is 0.815. The van der Waals surface area contributed by atoms with Crippen LogP contribution in [0.1, 0.15) is 24.5 Å². The van der Waals surface area contributed by atoms with Gasteiger partial charge in [-0.25, -0.2) is 0 Å². The van der Waals surface area contributed by atoms with Gasteiger partial charge in [-0.3, -0.25) is 9.59 Å². The Bertz CT molecular complexity index is 575. The zero-order valence-electron chi connectivity index (χ0n) is 12.0. The van der Waals surface area contributed by atoms with Crippen LogP contribution in [-0.4, -0.2) is 22.7 Å². The molecule has 6 heteroatoms. The number of hydrogen-bond donors (Lipinski definition) is 2. The number of halogens is 2. The van der Waals surface area contributed by atoms with E-state index in [1.807, 2.05) is 31.2 Å². The summed E-state index contributed by atoms with van der Waals surface area (Å²) in [5, 5.41) is 5.34. The van der Waals surface area contributed by atoms with Gasteiger partial charge in [-0.05, 0) is 31.4 Å². The molecule has 2 amide bonds. The number of amides is 2. The van der Waals surface area contributed by atoms with E-state index in [1.165, 1.54) is 0 Å². The monoisotopic (exact) mass is 328 g/mol. The Balaban J connectivity index is 1.76. The van der Waals surface area contributed by atoms with Gasteiger partial charge in [0.15, 0.2) is 0 Å². The zero-order valence-corrected chi connectivity index (χ0v) is 13.5. The highest BCUT2D eigenvalue weighted by Gasteiger charge is 2.67. The summed E-state index contributed by atoms with van der Waals surface area (Å²) in [5.41, 5.74) is 1.36. The highest BCUT2D eigenvalue weighted by atomic mass is 35.5. The Morgan fingerprint density at radius 2 is 1.86 bits per heavy atom. The fraction of sp³-hybridized carbons (Fsp3) is 0.467. The topological polar surface area (TPSA) is 58.2 Å². The number of carbonyl (C=O) groups excluding carboxylic acids is 2. The lowest BCUT2D eigenvalue weighted by Crippen LogP contribution is -2.40. The van der Waals surface area contributed by atoms with Gasteiger partial charge >= 0.3 is 0 Å². The van der Waals surface area contributed by atoms with Gasteiger partial charge < -0.3 is 10.6 Å². The molecule has 2 N–H and O–H groups in total. The lowest BCUT2D eigenvalue weighted by atomic mass is 10.1. The molecule has 1 aromatic carbocycles. The maximum Gasteiger partial charge on any atom is 0.239 e. The molecule has 1 unspecified atom stereocenters. The molecule has 0 radical (unpaired) electrons. The first-order valence-electron chi connectivity index (χ1n) is 6.73. The first-order chi connectivity index (χ1) is 9.76. The van der Waals surface area contributed by atoms with E-state index in [0.29, 0.717) is 13.0 Å². The molecular formula is C15H18Cl2N2O2. The molecule has 1 aliphatic rings. The lowest BCUT2D eigenvalue weighted by molar-refractivity contribution is -0.129. The van der Waals surface area contributed by atoms with Crippen LogP contribution in [0.25, 0.3) is 0 Å². The van der Waals surface area contributed by atoms with Crippen LogP contribution in [0.2, 0.25) is 0 Å². The van der Waals surface area contributed by atoms with Gasteiger partial charge in [0.25, 0.3) is 0 Å². The van der Waals surface area contributed by atoms with Crippen molar-refractivity contribution in [3.63, 3.8) is 0 Å². The molecule has 1 atom stereocenters. The average molecular weight is 329 g/mol. The summed E-state index contributed by atoms with van der Waals surface area (Å²) in [5.74, 6) is -0.538. The minimum absolute atomic E-state index is 0.0792. The summed E-state index contributed by atoms with van der Waals surface area (Å²) >= 11 is 11.8. The fourth-order valence-electron chi connectivity index (χ4n) is 2.07. The van der Waals surface area contributed by atoms with Gasteiger partial charge in [0.1, 0.15) is 4.33 Å². The van der Waals surface area contributed by atoms with Crippen molar-refractivity contribution in [3.8, 4) is 0 Å². The van der Waals surface area contributed by atoms with Gasteiger partial charge in [0.05, 0.1) is 12.0 Å². The van der Waals surface area contributed by atoms with Crippen molar-refractivity contribution in [2.24, 2.45) is 5.41 Å². The van der Waals surface area contributed by atoms with Gasteiger partial charge in [-0.15, -0.1) is 23.2 Å². The van der Waals surface area contributed by atoms with Gasteiger partial charge in [-0.2, -0.15) is 0 Å². The minimum Gasteiger partial charge on any atom is -0.350 e. The van der Waals surface area contributed by atoms with Crippen LogP contribution < -0.4 is 10.6 Å². The van der Waals surface area contributed by atoms with Crippen molar-refractivity contribution in [2.45, 2.75) is 31.1 Å². The van der Waals surface area contributed by atoms with E-state index in [2.05, 4.69) is 10.6 Å². The van der Waals surface area contributed by atoms with Crippen LogP contribution >= 0.6 is 23.2 Å². The van der Waals surface area contributed by atoms with Crippen LogP contribution in [0.5, 0.6) is 0 Å². The predicted molar refractivity (Wildman–Crippen MR) is 83.2 cm³/mol. The van der Waals surface area contributed by atoms with E-state index in [1.54, 1.807) is 6.92 Å². The Hall–Kier alpha value is -1.26. The van der Waals surface area contributed by atoms with Crippen LogP contribution in [0.15, 0.2) is 24.3 Å². The van der Waals surface area contributed by atoms with E-state index < -0.39 is 9.75 Å². The van der Waals surface area contributed by atoms with E-state index in [4.69, 9.17) is 23.2 Å². The molecule has 1 saturated carbocycles. The van der Waals surface area contributed by atoms with E-state index in [9.17, 15) is 9.59 Å². The molecular weight excluding hydrogens is 311 g/mol. The van der Waals surface area contributed by atoms with Gasteiger partial charge in [0, 0.05) is 6.54 Å². The van der Waals surface area contributed by atoms with Crippen molar-refractivity contribution in [1.29, 1.82) is 0 Å². The van der Waals surface area contributed by atoms with Gasteiger partial charge in [-0.1, -0.05) is 24.3 Å². The highest BCUT2D eigenvalue weighted by molar-refractivity contribution is 6.53. The second-order valence-electron chi connectivity index (χ2n) is 5.60. The molecule has 0 bridgehead atoms. The second-order valence-corrected chi connectivity index (χ2v) is 7.08. The summed E-state index contributed by atoms with van der Waals surface area (Å²) < 4.78 is -1.02. The molecule has 0 heterocycles. The first kappa shape index (κ1) is 16.1. The van der Waals surface area contributed by atoms with Crippen LogP contribution in [0.3, 0.4) is 0 Å². The maximum atomic E-state index is 11.9. The van der Waals surface area contributed by atoms with Crippen molar-refractivity contribution < 1.29 is 9.59 Å². The number of alkyl halides is 2. The third-order valence-electron chi connectivity index (χ3n) is 3.91. The van der Waals surface area contributed by atoms with E-state index in [-0.39, 0.29) is 18.4 Å². The third kappa shape index (κ3) is 3.50. The van der Waals surface area contributed by atoms with Crippen LogP contribution in [-0.2, 0) is 16.1 Å². The standard InChI is InChI=1S/C15H18Cl2N2O2/c1-10-5-3-4-6-11(10)7-18-12(20)8-19-13(21)14(2)9-15(14,16)17/h3-6H,7-9H2,1-2H3,(H,18,20)(H,19,21). The normalized spacial score (nSPS) is 22.5. The number of hydrogen-bond acceptors (Lipinski definition) is 2. The summed E-state index contributed by atoms with van der Waals surface area (Å²) in [6.45, 7) is 4.03. The third-order valence-corrected chi connectivity index (χ3v) is 5.01. The minimum atomic E-state index is -1.02. The molecule has 1 aliphatic carbocycles. The summed E-state index contributed by atoms with van der Waals surface area (Å²) in [7, 11) is 0. The number of aryl methyl sites for hydroxylation is 1. The molecule has 0 aromatic heterocycles. The Morgan fingerprint density at radius 1 is 1.24 bits per heavy atom. The lowest BCUT2D eigenvalue weighted by Gasteiger charge is -2.13. The Morgan fingerprint density at radius 3 is 2.43 bits per heavy atom. The van der Waals surface area contributed by atoms with Crippen LogP contribution in [0.4, 0.5) is 0 Å². The molecule has 4 nitrogen and oxygen atoms in total. The predicted octanol–water partition coefficient (Wildman–Crippen LogP) is 2.31. The van der Waals surface area contributed by atoms with Crippen molar-refractivity contribution in [1.82, 2.24) is 10.6 Å². The molecule has 21 heavy (non-hydrogen) atoms. The fourth-order valence-corrected chi connectivity index (χ4v) is 2.77. The zero-order chi connectivity index (χ0) is 15.7. The summed E-state index contributed by atoms with van der Waals surface area (Å²) in [6, 6.07) is 7.80. The molecule has 114 valence electrons. The summed E-state index contributed by atoms with van der Waals surface area (Å²) in [6.07, 6.45) is 0.403. The molecule has 2 rings (SSSR count). The largest absolute Gasteiger partial charge is 0.350 e. The van der Waals surface area contributed by atoms with E-state index in [0.717, 1.165) is 11.1 Å². The SMILES string of the molecule is Cc1ccccc1CNC(=O)CNC(=O)C1(C)CC1(Cl)Cl. The molecule has 0 spiro atoms. The average Bonchev–Trinajstić information content (AvgIpc) is 2.95. The maximum absolute atomic E-state index is 11.9. The number of carbonyl (C=O) groups is 2. The molecule has 0 aliphatic heterocycles. The molecule has 0 saturated heterocycles. The van der Waals surface area contributed by atoms with Crippen molar-refractivity contribution >= 4 is 35.0 Å².